The predicted molar refractivity (Wildman–Crippen MR) is 72.2 cm³/mol. The summed E-state index contributed by atoms with van der Waals surface area (Å²) in [6, 6.07) is 13.5. The summed E-state index contributed by atoms with van der Waals surface area (Å²) in [5.74, 6) is 0.535. The van der Waals surface area contributed by atoms with E-state index < -0.39 is 8.03 Å². The number of halogens is 2. The lowest BCUT2D eigenvalue weighted by molar-refractivity contribution is 0.514. The molecule has 0 saturated heterocycles. The van der Waals surface area contributed by atoms with E-state index in [4.69, 9.17) is 27.7 Å². The van der Waals surface area contributed by atoms with Gasteiger partial charge >= 0.3 is 0 Å². The van der Waals surface area contributed by atoms with Crippen molar-refractivity contribution in [3.05, 3.63) is 58.6 Å². The summed E-state index contributed by atoms with van der Waals surface area (Å²) in [5, 5.41) is 1.85. The minimum Gasteiger partial charge on any atom is -0.442 e. The number of hydrogen-bond acceptors (Lipinski definition) is 2. The molecule has 0 spiro atoms. The summed E-state index contributed by atoms with van der Waals surface area (Å²) >= 11 is 11.5. The summed E-state index contributed by atoms with van der Waals surface area (Å²) in [6.07, 6.45) is 0. The molecule has 0 bridgehead atoms. The molecule has 2 rings (SSSR count). The van der Waals surface area contributed by atoms with E-state index in [0.717, 1.165) is 0 Å². The third-order valence-electron chi connectivity index (χ3n) is 2.10. The average molecular weight is 287 g/mol. The zero-order valence-electron chi connectivity index (χ0n) is 8.69. The summed E-state index contributed by atoms with van der Waals surface area (Å²) < 4.78 is 17.2. The zero-order valence-corrected chi connectivity index (χ0v) is 11.2. The second-order valence-electron chi connectivity index (χ2n) is 3.35. The second kappa shape index (κ2) is 5.59. The van der Waals surface area contributed by atoms with Crippen molar-refractivity contribution in [2.45, 2.75) is 0 Å². The van der Waals surface area contributed by atoms with Crippen LogP contribution in [0.1, 0.15) is 0 Å². The molecule has 0 radical (unpaired) electrons. The third-order valence-corrected chi connectivity index (χ3v) is 3.83. The van der Waals surface area contributed by atoms with Gasteiger partial charge in [0.2, 0.25) is 0 Å². The molecule has 0 heterocycles. The molecule has 17 heavy (non-hydrogen) atoms. The van der Waals surface area contributed by atoms with E-state index in [1.54, 1.807) is 48.5 Å². The van der Waals surface area contributed by atoms with Crippen molar-refractivity contribution in [2.75, 3.05) is 0 Å². The van der Waals surface area contributed by atoms with Crippen molar-refractivity contribution in [2.24, 2.45) is 0 Å². The highest BCUT2D eigenvalue weighted by molar-refractivity contribution is 7.48. The third kappa shape index (κ3) is 3.50. The van der Waals surface area contributed by atoms with E-state index in [2.05, 4.69) is 0 Å². The quantitative estimate of drug-likeness (QED) is 0.792. The van der Waals surface area contributed by atoms with Gasteiger partial charge in [0.05, 0.1) is 0 Å². The summed E-state index contributed by atoms with van der Waals surface area (Å²) in [4.78, 5) is 0. The fourth-order valence-electron chi connectivity index (χ4n) is 1.25. The van der Waals surface area contributed by atoms with E-state index in [9.17, 15) is 4.57 Å². The van der Waals surface area contributed by atoms with Crippen molar-refractivity contribution in [1.29, 1.82) is 0 Å². The van der Waals surface area contributed by atoms with E-state index in [-0.39, 0.29) is 0 Å². The Kier molecular flexibility index (Phi) is 4.11. The average Bonchev–Trinajstić information content (AvgIpc) is 2.33. The number of rotatable bonds is 3. The predicted octanol–water partition coefficient (Wildman–Crippen LogP) is 4.17. The Morgan fingerprint density at radius 2 is 1.29 bits per heavy atom. The van der Waals surface area contributed by atoms with E-state index in [0.29, 0.717) is 21.1 Å². The minimum atomic E-state index is -2.30. The molecule has 0 aliphatic heterocycles. The van der Waals surface area contributed by atoms with E-state index in [1.165, 1.54) is 0 Å². The van der Waals surface area contributed by atoms with Gasteiger partial charge in [0.25, 0.3) is 8.03 Å². The van der Waals surface area contributed by atoms with E-state index >= 15 is 0 Å². The van der Waals surface area contributed by atoms with Gasteiger partial charge in [-0.05, 0) is 48.5 Å². The molecule has 5 heteroatoms. The first-order chi connectivity index (χ1) is 8.15. The highest BCUT2D eigenvalue weighted by Crippen LogP contribution is 2.27. The minimum absolute atomic E-state index is 0.535. The Labute approximate surface area is 110 Å². The van der Waals surface area contributed by atoms with Crippen molar-refractivity contribution >= 4 is 36.5 Å². The normalized spacial score (nSPS) is 12.1. The summed E-state index contributed by atoms with van der Waals surface area (Å²) in [7, 11) is -2.30. The second-order valence-corrected chi connectivity index (χ2v) is 5.58. The SMILES string of the molecule is O=[PH](Oc1ccc(Cl)cc1)c1ccc(Cl)cc1. The molecule has 0 aliphatic rings. The number of hydrogen-bond donors (Lipinski definition) is 0. The van der Waals surface area contributed by atoms with Gasteiger partial charge in [-0.15, -0.1) is 0 Å². The summed E-state index contributed by atoms with van der Waals surface area (Å²) in [5.41, 5.74) is 0. The fourth-order valence-corrected chi connectivity index (χ4v) is 2.41. The molecule has 88 valence electrons. The fraction of sp³-hybridized carbons (Fsp3) is 0. The maximum atomic E-state index is 11.9. The van der Waals surface area contributed by atoms with Crippen LogP contribution in [-0.2, 0) is 4.57 Å². The molecule has 0 saturated carbocycles. The van der Waals surface area contributed by atoms with Crippen LogP contribution in [0.15, 0.2) is 48.5 Å². The Hall–Kier alpha value is -0.950. The Morgan fingerprint density at radius 3 is 1.82 bits per heavy atom. The van der Waals surface area contributed by atoms with Crippen molar-refractivity contribution in [3.63, 3.8) is 0 Å². The molecule has 2 nitrogen and oxygen atoms in total. The van der Waals surface area contributed by atoms with Gasteiger partial charge in [0, 0.05) is 15.3 Å². The maximum Gasteiger partial charge on any atom is 0.265 e. The van der Waals surface area contributed by atoms with Gasteiger partial charge in [-0.25, -0.2) is 0 Å². The topological polar surface area (TPSA) is 26.3 Å². The standard InChI is InChI=1S/C12H9Cl2O2P/c13-9-1-5-11(6-2-9)16-17(15)12-7-3-10(14)4-8-12/h1-8,17H. The molecule has 2 aromatic carbocycles. The lowest BCUT2D eigenvalue weighted by Crippen LogP contribution is -1.98. The number of benzene rings is 2. The van der Waals surface area contributed by atoms with Crippen LogP contribution >= 0.6 is 31.2 Å². The van der Waals surface area contributed by atoms with Crippen molar-refractivity contribution < 1.29 is 9.09 Å². The van der Waals surface area contributed by atoms with Gasteiger partial charge in [0.15, 0.2) is 0 Å². The van der Waals surface area contributed by atoms with Crippen LogP contribution in [0.4, 0.5) is 0 Å². The molecular weight excluding hydrogens is 278 g/mol. The van der Waals surface area contributed by atoms with Crippen LogP contribution in [0.5, 0.6) is 5.75 Å². The van der Waals surface area contributed by atoms with Crippen LogP contribution in [0, 0.1) is 0 Å². The van der Waals surface area contributed by atoms with Gasteiger partial charge in [-0.1, -0.05) is 23.2 Å². The van der Waals surface area contributed by atoms with Crippen molar-refractivity contribution in [1.82, 2.24) is 0 Å². The van der Waals surface area contributed by atoms with E-state index in [1.807, 2.05) is 0 Å². The Balaban J connectivity index is 2.11. The van der Waals surface area contributed by atoms with Crippen LogP contribution in [0.2, 0.25) is 10.0 Å². The van der Waals surface area contributed by atoms with Gasteiger partial charge in [0.1, 0.15) is 5.75 Å². The molecule has 1 unspecified atom stereocenters. The highest BCUT2D eigenvalue weighted by Gasteiger charge is 2.05. The first kappa shape index (κ1) is 12.5. The molecule has 0 N–H and O–H groups in total. The maximum absolute atomic E-state index is 11.9. The highest BCUT2D eigenvalue weighted by atomic mass is 35.5. The molecule has 0 fully saturated rings. The van der Waals surface area contributed by atoms with Crippen LogP contribution < -0.4 is 9.83 Å². The lowest BCUT2D eigenvalue weighted by atomic mass is 10.3. The van der Waals surface area contributed by atoms with Crippen LogP contribution in [-0.4, -0.2) is 0 Å². The smallest absolute Gasteiger partial charge is 0.265 e. The van der Waals surface area contributed by atoms with Gasteiger partial charge < -0.3 is 4.52 Å². The first-order valence-corrected chi connectivity index (χ1v) is 6.96. The van der Waals surface area contributed by atoms with Gasteiger partial charge in [-0.2, -0.15) is 0 Å². The molecule has 1 atom stereocenters. The van der Waals surface area contributed by atoms with Crippen molar-refractivity contribution in [3.8, 4) is 5.75 Å². The van der Waals surface area contributed by atoms with Gasteiger partial charge in [-0.3, -0.25) is 4.57 Å². The zero-order chi connectivity index (χ0) is 12.3. The lowest BCUT2D eigenvalue weighted by Gasteiger charge is -2.06. The Morgan fingerprint density at radius 1 is 0.824 bits per heavy atom. The Bertz CT molecular complexity index is 523. The molecule has 2 aromatic rings. The monoisotopic (exact) mass is 286 g/mol. The molecular formula is C12H9Cl2O2P. The van der Waals surface area contributed by atoms with Crippen LogP contribution in [0.25, 0.3) is 0 Å². The first-order valence-electron chi connectivity index (χ1n) is 4.88. The molecule has 0 amide bonds. The largest absolute Gasteiger partial charge is 0.442 e. The molecule has 0 aromatic heterocycles. The molecule has 0 aliphatic carbocycles. The summed E-state index contributed by atoms with van der Waals surface area (Å²) in [6.45, 7) is 0. The van der Waals surface area contributed by atoms with Crippen LogP contribution in [0.3, 0.4) is 0 Å².